The molecule has 11 heteroatoms. The zero-order valence-corrected chi connectivity index (χ0v) is 64.2. The van der Waals surface area contributed by atoms with Gasteiger partial charge in [-0.1, -0.05) is 263 Å². The number of H-pyrrole nitrogens is 1. The summed E-state index contributed by atoms with van der Waals surface area (Å²) in [6.07, 6.45) is 9.44. The van der Waals surface area contributed by atoms with Crippen LogP contribution in [0.25, 0.3) is 75.9 Å². The third-order valence-corrected chi connectivity index (χ3v) is 14.7. The van der Waals surface area contributed by atoms with E-state index in [-0.39, 0.29) is 27.5 Å². The van der Waals surface area contributed by atoms with Crippen LogP contribution >= 0.6 is 11.3 Å². The first kappa shape index (κ1) is 79.2. The number of aromatic nitrogens is 6. The zero-order valence-electron chi connectivity index (χ0n) is 63.4. The summed E-state index contributed by atoms with van der Waals surface area (Å²) in [5.74, 6) is -0.205. The van der Waals surface area contributed by atoms with Crippen molar-refractivity contribution in [1.29, 1.82) is 0 Å². The highest BCUT2D eigenvalue weighted by molar-refractivity contribution is 7.16. The molecular weight excluding hydrogens is 1220 g/mol. The Morgan fingerprint density at radius 3 is 1.36 bits per heavy atom. The summed E-state index contributed by atoms with van der Waals surface area (Å²) in [5.41, 5.74) is 17.1. The van der Waals surface area contributed by atoms with E-state index in [1.807, 2.05) is 74.9 Å². The average molecular weight is 1330 g/mol. The summed E-state index contributed by atoms with van der Waals surface area (Å²) in [4.78, 5) is 7.70. The third-order valence-electron chi connectivity index (χ3n) is 13.9. The van der Waals surface area contributed by atoms with Gasteiger partial charge in [0.15, 0.2) is 0 Å². The first-order chi connectivity index (χ1) is 45.0. The number of thiazole rings is 1. The molecule has 0 radical (unpaired) electrons. The predicted octanol–water partition coefficient (Wildman–Crippen LogP) is 26.4. The van der Waals surface area contributed by atoms with Crippen LogP contribution in [0.15, 0.2) is 220 Å². The fourth-order valence-electron chi connectivity index (χ4n) is 9.57. The van der Waals surface area contributed by atoms with Gasteiger partial charge in [0.1, 0.15) is 28.0 Å². The number of para-hydroxylation sites is 5. The van der Waals surface area contributed by atoms with E-state index in [1.54, 1.807) is 36.0 Å². The van der Waals surface area contributed by atoms with Crippen LogP contribution in [-0.2, 0) is 35.8 Å². The quantitative estimate of drug-likeness (QED) is 0.162. The van der Waals surface area contributed by atoms with Crippen molar-refractivity contribution in [2.45, 2.75) is 188 Å². The van der Waals surface area contributed by atoms with Crippen LogP contribution in [0.1, 0.15) is 188 Å². The fourth-order valence-corrected chi connectivity index (χ4v) is 10.3. The monoisotopic (exact) mass is 1330 g/mol. The minimum Gasteiger partial charge on any atom is -0.464 e. The Bertz CT molecular complexity index is 4260. The Hall–Kier alpha value is -8.54. The molecule has 0 bridgehead atoms. The van der Waals surface area contributed by atoms with Gasteiger partial charge in [-0.05, 0) is 154 Å². The number of hydrogen-bond donors (Lipinski definition) is 1. The smallest absolute Gasteiger partial charge is 0.138 e. The van der Waals surface area contributed by atoms with Gasteiger partial charge in [0.25, 0.3) is 0 Å². The number of hydrogen-bond acceptors (Lipinski definition) is 7. The molecule has 0 aliphatic rings. The largest absolute Gasteiger partial charge is 0.464 e. The molecule has 0 amide bonds. The number of aromatic amines is 1. The van der Waals surface area contributed by atoms with Crippen molar-refractivity contribution in [3.05, 3.63) is 235 Å². The Morgan fingerprint density at radius 2 is 0.845 bits per heavy atom. The van der Waals surface area contributed by atoms with Gasteiger partial charge >= 0.3 is 0 Å². The molecule has 0 saturated heterocycles. The average Bonchev–Trinajstić information content (AvgIpc) is 1.78. The second kappa shape index (κ2) is 34.1. The molecule has 0 aliphatic carbocycles. The van der Waals surface area contributed by atoms with Crippen LogP contribution < -0.4 is 0 Å². The molecular formula is C86H113FN6O3S. The molecule has 7 aromatic carbocycles. The number of nitrogens with one attached hydrogen (secondary N) is 1. The van der Waals surface area contributed by atoms with Crippen LogP contribution in [0.4, 0.5) is 4.39 Å². The molecule has 9 nitrogen and oxygen atoms in total. The van der Waals surface area contributed by atoms with E-state index in [0.29, 0.717) is 16.2 Å². The Morgan fingerprint density at radius 1 is 0.402 bits per heavy atom. The standard InChI is InChI=1S/C12H13FO.C12H15N.C11H13NS.C10H12N2O.2C9H9N.C8H6O.3C5H12/c1-12(2,3)10-7-9(13)6-8-4-5-14-11(8)10;1-12(2,3)10-6-4-5-9-7-8-13-11(9)10;1-11(2,3)8-5-4-6-9-10(8)12-7-13-9;1-10(2,3)7-5-4-6-8-9(7)12-13-11-8;2*1-10-7-6-8-4-2-3-5-9(8)10;1-2-4-8-7(3-1)5-6-9-8;3*1-5(2,3)4/h4-7H,1-3H3;4-8,13H,1-3H3;4-7H,1-3H3;4-6H,1-3H3;2*2-7H,1H3;1-6H;3*1-4H3. The van der Waals surface area contributed by atoms with E-state index in [2.05, 4.69) is 310 Å². The van der Waals surface area contributed by atoms with E-state index in [1.165, 1.54) is 65.7 Å². The van der Waals surface area contributed by atoms with Crippen LogP contribution in [0.2, 0.25) is 0 Å². The summed E-state index contributed by atoms with van der Waals surface area (Å²) in [5, 5.41) is 13.6. The Kier molecular flexibility index (Phi) is 27.8. The van der Waals surface area contributed by atoms with Crippen molar-refractivity contribution in [3.63, 3.8) is 0 Å². The molecule has 0 spiro atoms. The lowest BCUT2D eigenvalue weighted by Gasteiger charge is -2.19. The summed E-state index contributed by atoms with van der Waals surface area (Å²) < 4.78 is 34.0. The van der Waals surface area contributed by atoms with Gasteiger partial charge < -0.3 is 23.0 Å². The van der Waals surface area contributed by atoms with E-state index in [4.69, 9.17) is 13.5 Å². The number of aryl methyl sites for hydroxylation is 2. The molecule has 518 valence electrons. The van der Waals surface area contributed by atoms with E-state index in [9.17, 15) is 4.39 Å². The van der Waals surface area contributed by atoms with Crippen LogP contribution in [0.5, 0.6) is 0 Å². The predicted molar refractivity (Wildman–Crippen MR) is 418 cm³/mol. The lowest BCUT2D eigenvalue weighted by molar-refractivity contribution is 0.315. The van der Waals surface area contributed by atoms with Crippen molar-refractivity contribution in [2.24, 2.45) is 30.3 Å². The maximum Gasteiger partial charge on any atom is 0.138 e. The number of halogens is 1. The van der Waals surface area contributed by atoms with E-state index in [0.717, 1.165) is 38.5 Å². The van der Waals surface area contributed by atoms with Crippen molar-refractivity contribution in [1.82, 2.24) is 29.4 Å². The molecule has 7 heterocycles. The highest BCUT2D eigenvalue weighted by Crippen LogP contribution is 2.34. The van der Waals surface area contributed by atoms with Crippen LogP contribution in [0, 0.1) is 22.1 Å². The maximum atomic E-state index is 13.3. The van der Waals surface area contributed by atoms with Crippen LogP contribution in [-0.4, -0.2) is 29.4 Å². The van der Waals surface area contributed by atoms with Crippen LogP contribution in [0.3, 0.4) is 0 Å². The third kappa shape index (κ3) is 26.8. The molecule has 0 atom stereocenters. The number of rotatable bonds is 0. The summed E-state index contributed by atoms with van der Waals surface area (Å²) in [7, 11) is 4.12. The number of fused-ring (bicyclic) bond motifs is 7. The molecule has 14 rings (SSSR count). The zero-order chi connectivity index (χ0) is 72.3. The minimum atomic E-state index is -0.205. The van der Waals surface area contributed by atoms with Gasteiger partial charge in [0, 0.05) is 65.6 Å². The number of furan rings is 2. The second-order valence-electron chi connectivity index (χ2n) is 33.4. The van der Waals surface area contributed by atoms with Gasteiger partial charge in [-0.2, -0.15) is 0 Å². The van der Waals surface area contributed by atoms with Gasteiger partial charge in [0.05, 0.1) is 28.3 Å². The topological polar surface area (TPSA) is 104 Å². The Balaban J connectivity index is 0.000000198. The van der Waals surface area contributed by atoms with Crippen molar-refractivity contribution in [2.75, 3.05) is 0 Å². The van der Waals surface area contributed by atoms with E-state index >= 15 is 0 Å². The van der Waals surface area contributed by atoms with Gasteiger partial charge in [0.2, 0.25) is 0 Å². The highest BCUT2D eigenvalue weighted by Gasteiger charge is 2.22. The molecule has 0 fully saturated rings. The Labute approximate surface area is 583 Å². The first-order valence-corrected chi connectivity index (χ1v) is 34.6. The maximum absolute atomic E-state index is 13.3. The van der Waals surface area contributed by atoms with Gasteiger partial charge in [-0.3, -0.25) is 0 Å². The summed E-state index contributed by atoms with van der Waals surface area (Å²) in [6.45, 7) is 52.2. The second-order valence-corrected chi connectivity index (χ2v) is 34.3. The summed E-state index contributed by atoms with van der Waals surface area (Å²) >= 11 is 1.71. The van der Waals surface area contributed by atoms with Gasteiger partial charge in [-0.15, -0.1) is 11.3 Å². The molecule has 97 heavy (non-hydrogen) atoms. The highest BCUT2D eigenvalue weighted by atomic mass is 32.1. The summed E-state index contributed by atoms with van der Waals surface area (Å²) in [6, 6.07) is 56.6. The fraction of sp³-hybridized carbons (Fsp3) is 0.384. The molecule has 7 aromatic heterocycles. The molecule has 0 saturated carbocycles. The lowest BCUT2D eigenvalue weighted by atomic mass is 9.86. The van der Waals surface area contributed by atoms with Crippen molar-refractivity contribution in [3.8, 4) is 0 Å². The van der Waals surface area contributed by atoms with Gasteiger partial charge in [-0.25, -0.2) is 14.0 Å². The van der Waals surface area contributed by atoms with Crippen molar-refractivity contribution < 1.29 is 17.9 Å². The number of benzene rings is 7. The molecule has 1 N–H and O–H groups in total. The normalized spacial score (nSPS) is 11.7. The number of nitrogens with zero attached hydrogens (tertiary/aromatic N) is 5. The van der Waals surface area contributed by atoms with Crippen molar-refractivity contribution >= 4 is 87.2 Å². The SMILES string of the molecule is CC(C)(C)C.CC(C)(C)C.CC(C)(C)C.CC(C)(C)c1cc(F)cc2ccoc12.CC(C)(C)c1cccc2cc[nH]c12.CC(C)(C)c1cccc2nonc12.CC(C)(C)c1cccc2scnc12.Cn1ccc2ccccc21.Cn1ccc2ccccc21.c1ccc2occc2c1. The molecule has 0 unspecified atom stereocenters. The molecule has 14 aromatic rings. The lowest BCUT2D eigenvalue weighted by Crippen LogP contribution is -2.11. The molecule has 0 aliphatic heterocycles. The minimum absolute atomic E-state index is 0.0814. The van der Waals surface area contributed by atoms with E-state index < -0.39 is 0 Å². The first-order valence-electron chi connectivity index (χ1n) is 33.7.